The second-order valence-electron chi connectivity index (χ2n) is 14.6. The molecule has 0 aliphatic rings. The summed E-state index contributed by atoms with van der Waals surface area (Å²) >= 11 is 0. The first-order chi connectivity index (χ1) is 25.3. The Bertz CT molecular complexity index is 1720. The molecule has 19 nitrogen and oxygen atoms in total. The van der Waals surface area contributed by atoms with Crippen LogP contribution in [-0.2, 0) is 44.2 Å². The molecule has 0 spiro atoms. The Kier molecular flexibility index (Phi) is 19.2. The maximum atomic E-state index is 13.2. The smallest absolute Gasteiger partial charge is 0.309 e. The molecule has 0 bridgehead atoms. The molecule has 55 heavy (non-hydrogen) atoms. The Balaban J connectivity index is 2.93. The van der Waals surface area contributed by atoms with E-state index in [-0.39, 0.29) is 31.7 Å². The van der Waals surface area contributed by atoms with Gasteiger partial charge in [0.2, 0.25) is 23.6 Å². The molecule has 1 rings (SSSR count). The first-order valence-electron chi connectivity index (χ1n) is 17.7. The molecule has 10 N–H and O–H groups in total. The number of nitrogens with one attached hydrogen (secondary N) is 5. The van der Waals surface area contributed by atoms with Crippen molar-refractivity contribution >= 4 is 61.4 Å². The molecule has 21 heteroatoms. The van der Waals surface area contributed by atoms with Crippen LogP contribution in [0.25, 0.3) is 0 Å². The summed E-state index contributed by atoms with van der Waals surface area (Å²) in [4.78, 5) is 75.8. The quantitative estimate of drug-likeness (QED) is 0.0462. The van der Waals surface area contributed by atoms with Gasteiger partial charge in [0.15, 0.2) is 0 Å². The summed E-state index contributed by atoms with van der Waals surface area (Å²) < 4.78 is 66.0. The Labute approximate surface area is 322 Å². The number of primary amides is 1. The van der Waals surface area contributed by atoms with Crippen LogP contribution in [-0.4, -0.2) is 109 Å². The van der Waals surface area contributed by atoms with Crippen molar-refractivity contribution in [1.82, 2.24) is 21.3 Å². The normalized spacial score (nSPS) is 13.8. The van der Waals surface area contributed by atoms with Crippen molar-refractivity contribution in [1.29, 1.82) is 0 Å². The molecule has 0 aromatic heterocycles. The number of anilines is 1. The lowest BCUT2D eigenvalue weighted by Crippen LogP contribution is -2.60. The number of rotatable bonds is 26. The molecule has 0 saturated heterocycles. The van der Waals surface area contributed by atoms with E-state index < -0.39 is 90.3 Å². The number of aliphatic carboxylic acids is 1. The van der Waals surface area contributed by atoms with Gasteiger partial charge < -0.3 is 37.4 Å². The molecule has 1 aromatic carbocycles. The van der Waals surface area contributed by atoms with Gasteiger partial charge in [-0.25, -0.2) is 0 Å². The molecule has 1 aromatic rings. The summed E-state index contributed by atoms with van der Waals surface area (Å²) in [6.07, 6.45) is 4.65. The molecule has 0 aliphatic heterocycles. The predicted octanol–water partition coefficient (Wildman–Crippen LogP) is 0.821. The van der Waals surface area contributed by atoms with E-state index in [9.17, 15) is 59.8 Å². The zero-order chi connectivity index (χ0) is 42.2. The van der Waals surface area contributed by atoms with Gasteiger partial charge in [-0.2, -0.15) is 16.8 Å². The Morgan fingerprint density at radius 3 is 1.71 bits per heavy atom. The fraction of sp³-hybridized carbons (Fsp3) is 0.647. The number of benzene rings is 1. The average Bonchev–Trinajstić information content (AvgIpc) is 3.05. The highest BCUT2D eigenvalue weighted by Gasteiger charge is 2.41. The van der Waals surface area contributed by atoms with E-state index in [2.05, 4.69) is 28.2 Å². The molecule has 5 amide bonds. The summed E-state index contributed by atoms with van der Waals surface area (Å²) in [5, 5.41) is 21.7. The minimum atomic E-state index is -5.02. The summed E-state index contributed by atoms with van der Waals surface area (Å²) in [5.41, 5.74) is 3.77. The summed E-state index contributed by atoms with van der Waals surface area (Å²) in [6.45, 7) is 8.43. The monoisotopic (exact) mass is 820 g/mol. The summed E-state index contributed by atoms with van der Waals surface area (Å²) in [6, 6.07) is 1.22. The second kappa shape index (κ2) is 21.7. The largest absolute Gasteiger partial charge is 0.481 e. The third-order valence-corrected chi connectivity index (χ3v) is 9.97. The number of amides is 5. The van der Waals surface area contributed by atoms with Gasteiger partial charge in [0, 0.05) is 29.8 Å². The fourth-order valence-electron chi connectivity index (χ4n) is 5.53. The number of carboxylic acids is 1. The van der Waals surface area contributed by atoms with Gasteiger partial charge in [-0.3, -0.25) is 37.9 Å². The zero-order valence-electron chi connectivity index (χ0n) is 31.8. The van der Waals surface area contributed by atoms with Crippen LogP contribution in [0.1, 0.15) is 96.3 Å². The van der Waals surface area contributed by atoms with E-state index >= 15 is 0 Å². The zero-order valence-corrected chi connectivity index (χ0v) is 33.5. The molecular weight excluding hydrogens is 765 g/mol. The highest BCUT2D eigenvalue weighted by atomic mass is 32.2. The molecule has 0 fully saturated rings. The highest BCUT2D eigenvalue weighted by molar-refractivity contribution is 7.86. The lowest BCUT2D eigenvalue weighted by molar-refractivity contribution is -0.150. The Morgan fingerprint density at radius 2 is 1.22 bits per heavy atom. The molecule has 3 atom stereocenters. The maximum absolute atomic E-state index is 13.2. The Hall–Kier alpha value is -4.34. The number of hydrogen-bond acceptors (Lipinski definition) is 11. The minimum absolute atomic E-state index is 0.0919. The number of nitrogens with two attached hydrogens (primary N) is 1. The van der Waals surface area contributed by atoms with Crippen LogP contribution in [0.5, 0.6) is 0 Å². The van der Waals surface area contributed by atoms with Crippen molar-refractivity contribution in [2.45, 2.75) is 104 Å². The van der Waals surface area contributed by atoms with Crippen molar-refractivity contribution in [3.05, 3.63) is 29.8 Å². The number of carboxylic acid groups (broad SMARTS) is 1. The van der Waals surface area contributed by atoms with Gasteiger partial charge in [0.1, 0.15) is 29.6 Å². The molecule has 0 saturated carbocycles. The summed E-state index contributed by atoms with van der Waals surface area (Å²) in [7, 11) is -10.0. The van der Waals surface area contributed by atoms with Crippen molar-refractivity contribution < 1.29 is 59.8 Å². The van der Waals surface area contributed by atoms with Crippen molar-refractivity contribution in [2.24, 2.45) is 16.6 Å². The molecule has 0 aliphatic carbocycles. The van der Waals surface area contributed by atoms with Gasteiger partial charge >= 0.3 is 5.97 Å². The van der Waals surface area contributed by atoms with Crippen LogP contribution in [0.15, 0.2) is 24.3 Å². The number of hydrogen-bond donors (Lipinski definition) is 9. The fourth-order valence-corrected chi connectivity index (χ4v) is 6.84. The first-order valence-corrected chi connectivity index (χ1v) is 21.0. The van der Waals surface area contributed by atoms with E-state index in [1.165, 1.54) is 34.1 Å². The standard InChI is InChI=1S/C34H56N6O13S2/c1-6-7-8-10-17-36-23-15-13-22(14-16-23)28(42)37-18-11-9-12-24(27(35)41)38-29(43)25(19-54(48,49)50)39-30(44)26(20-55(51,52)53)40-31(45)33(2,3)21-34(4,5)32(46)47/h13-16,24-26,36H,6-12,17-21H2,1-5H3,(H2,35,41)(H,37,42)(H,38,43)(H,39,44)(H,40,45)(H,46,47)(H,48,49,50)(H,51,52,53). The minimum Gasteiger partial charge on any atom is -0.481 e. The van der Waals surface area contributed by atoms with E-state index in [4.69, 9.17) is 5.73 Å². The van der Waals surface area contributed by atoms with Crippen molar-refractivity contribution in [3.8, 4) is 0 Å². The maximum Gasteiger partial charge on any atom is 0.309 e. The van der Waals surface area contributed by atoms with Gasteiger partial charge in [-0.1, -0.05) is 40.0 Å². The number of unbranched alkanes of at least 4 members (excludes halogenated alkanes) is 4. The molecule has 0 radical (unpaired) electrons. The van der Waals surface area contributed by atoms with Gasteiger partial charge in [0.25, 0.3) is 26.1 Å². The van der Waals surface area contributed by atoms with Crippen LogP contribution in [0.2, 0.25) is 0 Å². The highest BCUT2D eigenvalue weighted by Crippen LogP contribution is 2.34. The lowest BCUT2D eigenvalue weighted by Gasteiger charge is -2.32. The van der Waals surface area contributed by atoms with Gasteiger partial charge in [-0.15, -0.1) is 0 Å². The van der Waals surface area contributed by atoms with Gasteiger partial charge in [-0.05, 0) is 70.2 Å². The van der Waals surface area contributed by atoms with E-state index in [1.807, 2.05) is 5.32 Å². The van der Waals surface area contributed by atoms with Crippen LogP contribution in [0.3, 0.4) is 0 Å². The number of carbonyl (C=O) groups excluding carboxylic acids is 5. The topological polar surface area (TPSA) is 318 Å². The first kappa shape index (κ1) is 48.7. The predicted molar refractivity (Wildman–Crippen MR) is 203 cm³/mol. The van der Waals surface area contributed by atoms with Crippen molar-refractivity contribution in [3.63, 3.8) is 0 Å². The molecule has 3 unspecified atom stereocenters. The molecule has 0 heterocycles. The SMILES string of the molecule is CCCCCCNc1ccc(C(=O)NCCCCC(NC(=O)C(CS(=O)(=O)O)NC(=O)C(CS(=O)(=O)O)NC(=O)C(C)(C)CC(C)(C)C(=O)O)C(N)=O)cc1. The molecular formula is C34H56N6O13S2. The second-order valence-corrected chi connectivity index (χ2v) is 17.6. The lowest BCUT2D eigenvalue weighted by atomic mass is 9.74. The van der Waals surface area contributed by atoms with E-state index in [0.717, 1.165) is 31.5 Å². The van der Waals surface area contributed by atoms with Gasteiger partial charge in [0.05, 0.1) is 5.41 Å². The van der Waals surface area contributed by atoms with Crippen LogP contribution >= 0.6 is 0 Å². The Morgan fingerprint density at radius 1 is 0.709 bits per heavy atom. The van der Waals surface area contributed by atoms with Crippen molar-refractivity contribution in [2.75, 3.05) is 29.9 Å². The number of carbonyl (C=O) groups is 6. The van der Waals surface area contributed by atoms with E-state index in [0.29, 0.717) is 12.0 Å². The third-order valence-electron chi connectivity index (χ3n) is 8.46. The van der Waals surface area contributed by atoms with Crippen LogP contribution < -0.4 is 32.3 Å². The molecule has 312 valence electrons. The van der Waals surface area contributed by atoms with E-state index in [1.54, 1.807) is 24.3 Å². The average molecular weight is 821 g/mol. The third kappa shape index (κ3) is 19.2. The van der Waals surface area contributed by atoms with Crippen LogP contribution in [0.4, 0.5) is 5.69 Å². The van der Waals surface area contributed by atoms with Crippen LogP contribution in [0, 0.1) is 10.8 Å². The summed E-state index contributed by atoms with van der Waals surface area (Å²) in [5.74, 6) is -9.37.